The van der Waals surface area contributed by atoms with E-state index in [0.29, 0.717) is 37.1 Å². The number of nitrogens with zero attached hydrogens (tertiary/aromatic N) is 1. The van der Waals surface area contributed by atoms with Gasteiger partial charge in [0, 0.05) is 40.9 Å². The van der Waals surface area contributed by atoms with Crippen molar-refractivity contribution in [3.8, 4) is 5.06 Å². The predicted molar refractivity (Wildman–Crippen MR) is 150 cm³/mol. The third kappa shape index (κ3) is 5.48. The first-order valence-corrected chi connectivity index (χ1v) is 15.2. The predicted octanol–water partition coefficient (Wildman–Crippen LogP) is 7.00. The summed E-state index contributed by atoms with van der Waals surface area (Å²) in [5.41, 5.74) is 2.72. The Morgan fingerprint density at radius 3 is 2.59 bits per heavy atom. The van der Waals surface area contributed by atoms with Crippen molar-refractivity contribution in [1.29, 1.82) is 0 Å². The summed E-state index contributed by atoms with van der Waals surface area (Å²) in [5.74, 6) is -0.760. The second-order valence-electron chi connectivity index (χ2n) is 11.0. The van der Waals surface area contributed by atoms with Crippen LogP contribution >= 0.6 is 27.3 Å². The van der Waals surface area contributed by atoms with Crippen LogP contribution in [0.25, 0.3) is 0 Å². The number of hydrogen-bond acceptors (Lipinski definition) is 5. The molecule has 8 heteroatoms. The van der Waals surface area contributed by atoms with Crippen molar-refractivity contribution in [3.05, 3.63) is 87.3 Å². The van der Waals surface area contributed by atoms with Gasteiger partial charge in [0.2, 0.25) is 0 Å². The molecule has 0 N–H and O–H groups in total. The van der Waals surface area contributed by atoms with Crippen LogP contribution in [-0.2, 0) is 29.0 Å². The van der Waals surface area contributed by atoms with Crippen LogP contribution in [0.2, 0.25) is 0 Å². The quantitative estimate of drug-likeness (QED) is 0.231. The van der Waals surface area contributed by atoms with E-state index in [2.05, 4.69) is 20.8 Å². The van der Waals surface area contributed by atoms with E-state index < -0.39 is 16.7 Å². The monoisotopic (exact) mass is 613 g/mol. The first-order chi connectivity index (χ1) is 18.8. The second kappa shape index (κ2) is 10.9. The number of halogens is 3. The molecule has 3 aliphatic rings. The number of methoxy groups -OCH3 is 1. The van der Waals surface area contributed by atoms with Gasteiger partial charge in [0.05, 0.1) is 13.2 Å². The van der Waals surface area contributed by atoms with E-state index in [1.807, 2.05) is 12.1 Å². The molecule has 0 radical (unpaired) electrons. The van der Waals surface area contributed by atoms with Crippen molar-refractivity contribution >= 4 is 38.8 Å². The van der Waals surface area contributed by atoms with Crippen LogP contribution in [-0.4, -0.2) is 30.1 Å². The van der Waals surface area contributed by atoms with Gasteiger partial charge in [-0.05, 0) is 67.3 Å². The molecule has 2 heterocycles. The molecule has 4 nitrogen and oxygen atoms in total. The van der Waals surface area contributed by atoms with E-state index in [0.717, 1.165) is 35.5 Å². The summed E-state index contributed by atoms with van der Waals surface area (Å²) in [6.07, 6.45) is 3.84. The number of carbonyl (C=O) groups excluding carboxylic acids is 2. The molecule has 1 aliphatic heterocycles. The zero-order chi connectivity index (χ0) is 27.3. The largest absolute Gasteiger partial charge is 0.487 e. The lowest BCUT2D eigenvalue weighted by molar-refractivity contribution is -0.126. The molecule has 4 atom stereocenters. The molecule has 2 saturated carbocycles. The van der Waals surface area contributed by atoms with Crippen molar-refractivity contribution in [2.75, 3.05) is 13.7 Å². The Kier molecular flexibility index (Phi) is 7.46. The van der Waals surface area contributed by atoms with Crippen LogP contribution in [0.15, 0.2) is 48.5 Å². The van der Waals surface area contributed by atoms with Gasteiger partial charge in [-0.15, -0.1) is 11.3 Å². The molecule has 2 aromatic carbocycles. The standard InChI is InChI=1S/C31H30BrF2NO3S/c1-38-27-15-20-16-35(11-10-26(20)39-27)29(22-4-2-3-5-24(22)33)31(37)23-14-19(23)12-17-6-9-21(25(34)13-17)28(32)30(36)18-7-8-18/h2-6,9,13,15,18-19,23,28-29H,7-8,10-12,14,16H2,1H3. The lowest BCUT2D eigenvalue weighted by Crippen LogP contribution is -2.39. The number of carbonyl (C=O) groups is 2. The average molecular weight is 615 g/mol. The minimum Gasteiger partial charge on any atom is -0.487 e. The Morgan fingerprint density at radius 1 is 1.08 bits per heavy atom. The summed E-state index contributed by atoms with van der Waals surface area (Å²) in [5, 5.41) is 0.847. The topological polar surface area (TPSA) is 46.6 Å². The summed E-state index contributed by atoms with van der Waals surface area (Å²) in [6.45, 7) is 1.23. The van der Waals surface area contributed by atoms with Crippen molar-refractivity contribution < 1.29 is 23.1 Å². The average Bonchev–Trinajstić information content (AvgIpc) is 3.86. The van der Waals surface area contributed by atoms with Crippen LogP contribution in [0.4, 0.5) is 8.78 Å². The Hall–Kier alpha value is -2.42. The second-order valence-corrected chi connectivity index (χ2v) is 13.0. The molecule has 204 valence electrons. The molecule has 39 heavy (non-hydrogen) atoms. The summed E-state index contributed by atoms with van der Waals surface area (Å²) in [6, 6.07) is 12.9. The summed E-state index contributed by atoms with van der Waals surface area (Å²) in [7, 11) is 1.65. The summed E-state index contributed by atoms with van der Waals surface area (Å²) < 4.78 is 35.4. The third-order valence-corrected chi connectivity index (χ3v) is 10.4. The molecular weight excluding hydrogens is 584 g/mol. The number of hydrogen-bond donors (Lipinski definition) is 0. The normalized spacial score (nSPS) is 22.2. The van der Waals surface area contributed by atoms with Gasteiger partial charge < -0.3 is 4.74 Å². The zero-order valence-electron chi connectivity index (χ0n) is 21.7. The van der Waals surface area contributed by atoms with Crippen LogP contribution in [0.5, 0.6) is 5.06 Å². The van der Waals surface area contributed by atoms with E-state index in [4.69, 9.17) is 4.74 Å². The van der Waals surface area contributed by atoms with Gasteiger partial charge in [-0.3, -0.25) is 14.5 Å². The Bertz CT molecular complexity index is 1420. The number of benzene rings is 2. The van der Waals surface area contributed by atoms with Crippen LogP contribution < -0.4 is 4.74 Å². The SMILES string of the molecule is COc1cc2c(s1)CCN(C(C(=O)C1CC1Cc1ccc(C(Br)C(=O)C3CC3)c(F)c1)c1ccccc1F)C2. The van der Waals surface area contributed by atoms with E-state index in [-0.39, 0.29) is 35.1 Å². The number of ketones is 2. The maximum absolute atomic E-state index is 15.0. The fourth-order valence-electron chi connectivity index (χ4n) is 5.83. The highest BCUT2D eigenvalue weighted by atomic mass is 79.9. The Morgan fingerprint density at radius 2 is 1.87 bits per heavy atom. The first-order valence-electron chi connectivity index (χ1n) is 13.5. The number of Topliss-reactive ketones (excluding diaryl/α,β-unsaturated/α-hetero) is 2. The molecule has 0 bridgehead atoms. The van der Waals surface area contributed by atoms with Crippen LogP contribution in [0.1, 0.15) is 57.3 Å². The van der Waals surface area contributed by atoms with Crippen molar-refractivity contribution in [3.63, 3.8) is 0 Å². The fraction of sp³-hybridized carbons (Fsp3) is 0.419. The minimum absolute atomic E-state index is 0.0309. The van der Waals surface area contributed by atoms with E-state index in [9.17, 15) is 14.0 Å². The van der Waals surface area contributed by atoms with E-state index >= 15 is 4.39 Å². The van der Waals surface area contributed by atoms with Gasteiger partial charge in [-0.2, -0.15) is 0 Å². The first kappa shape index (κ1) is 26.8. The molecule has 6 rings (SSSR count). The summed E-state index contributed by atoms with van der Waals surface area (Å²) >= 11 is 5.01. The molecule has 2 aliphatic carbocycles. The number of fused-ring (bicyclic) bond motifs is 1. The van der Waals surface area contributed by atoms with Gasteiger partial charge in [0.15, 0.2) is 16.6 Å². The fourth-order valence-corrected chi connectivity index (χ4v) is 7.55. The van der Waals surface area contributed by atoms with Crippen LogP contribution in [0.3, 0.4) is 0 Å². The summed E-state index contributed by atoms with van der Waals surface area (Å²) in [4.78, 5) is 29.0. The van der Waals surface area contributed by atoms with E-state index in [1.165, 1.54) is 17.0 Å². The maximum Gasteiger partial charge on any atom is 0.173 e. The number of thiophene rings is 1. The molecule has 0 spiro atoms. The maximum atomic E-state index is 15.0. The third-order valence-electron chi connectivity index (χ3n) is 8.26. The number of alkyl halides is 1. The lowest BCUT2D eigenvalue weighted by Gasteiger charge is -2.34. The lowest BCUT2D eigenvalue weighted by atomic mass is 9.93. The minimum atomic E-state index is -0.665. The highest BCUT2D eigenvalue weighted by Gasteiger charge is 2.47. The molecule has 1 aromatic heterocycles. The van der Waals surface area contributed by atoms with Crippen LogP contribution in [0, 0.1) is 29.4 Å². The molecule has 2 fully saturated rings. The molecular formula is C31H30BrF2NO3S. The number of rotatable bonds is 10. The van der Waals surface area contributed by atoms with Gasteiger partial charge in [0.25, 0.3) is 0 Å². The van der Waals surface area contributed by atoms with Gasteiger partial charge in [0.1, 0.15) is 16.5 Å². The van der Waals surface area contributed by atoms with E-state index in [1.54, 1.807) is 42.7 Å². The van der Waals surface area contributed by atoms with Gasteiger partial charge in [-0.25, -0.2) is 8.78 Å². The highest BCUT2D eigenvalue weighted by Crippen LogP contribution is 2.47. The Balaban J connectivity index is 1.18. The molecule has 4 unspecified atom stereocenters. The van der Waals surface area contributed by atoms with Gasteiger partial charge in [-0.1, -0.05) is 46.3 Å². The van der Waals surface area contributed by atoms with Crippen molar-refractivity contribution in [2.24, 2.45) is 17.8 Å². The highest BCUT2D eigenvalue weighted by molar-refractivity contribution is 9.09. The van der Waals surface area contributed by atoms with Crippen molar-refractivity contribution in [2.45, 2.75) is 49.5 Å². The van der Waals surface area contributed by atoms with Gasteiger partial charge >= 0.3 is 0 Å². The molecule has 0 saturated heterocycles. The molecule has 0 amide bonds. The smallest absolute Gasteiger partial charge is 0.173 e. The molecule has 3 aromatic rings. The number of ether oxygens (including phenoxy) is 1. The van der Waals surface area contributed by atoms with Crippen molar-refractivity contribution in [1.82, 2.24) is 4.90 Å². The Labute approximate surface area is 239 Å². The zero-order valence-corrected chi connectivity index (χ0v) is 24.1.